The maximum atomic E-state index is 12.5. The number of amides is 1. The van der Waals surface area contributed by atoms with Crippen molar-refractivity contribution < 1.29 is 27.2 Å². The van der Waals surface area contributed by atoms with Gasteiger partial charge < -0.3 is 14.1 Å². The zero-order valence-corrected chi connectivity index (χ0v) is 19.1. The lowest BCUT2D eigenvalue weighted by atomic mass is 10.1. The lowest BCUT2D eigenvalue weighted by molar-refractivity contribution is -0.135. The molecule has 0 aliphatic carbocycles. The van der Waals surface area contributed by atoms with Crippen LogP contribution in [-0.2, 0) is 26.1 Å². The predicted molar refractivity (Wildman–Crippen MR) is 116 cm³/mol. The van der Waals surface area contributed by atoms with Crippen molar-refractivity contribution in [3.05, 3.63) is 54.0 Å². The molecule has 9 heteroatoms. The van der Waals surface area contributed by atoms with E-state index in [4.69, 9.17) is 9.15 Å². The highest BCUT2D eigenvalue weighted by Crippen LogP contribution is 2.14. The van der Waals surface area contributed by atoms with Crippen LogP contribution in [0.4, 0.5) is 0 Å². The molecule has 0 spiro atoms. The van der Waals surface area contributed by atoms with Gasteiger partial charge in [0.05, 0.1) is 23.3 Å². The molecule has 0 unspecified atom stereocenters. The zero-order chi connectivity index (χ0) is 23.0. The van der Waals surface area contributed by atoms with Crippen molar-refractivity contribution in [3.8, 4) is 0 Å². The van der Waals surface area contributed by atoms with Crippen molar-refractivity contribution in [2.45, 2.75) is 39.1 Å². The Bertz CT molecular complexity index is 958. The number of hydrogen-bond acceptors (Lipinski definition) is 6. The summed E-state index contributed by atoms with van der Waals surface area (Å²) < 4.78 is 37.7. The molecule has 2 rings (SSSR count). The highest BCUT2D eigenvalue weighted by atomic mass is 32.2. The fourth-order valence-corrected chi connectivity index (χ4v) is 3.95. The number of furan rings is 1. The first-order valence-corrected chi connectivity index (χ1v) is 11.6. The molecule has 0 aliphatic rings. The van der Waals surface area contributed by atoms with E-state index in [1.807, 2.05) is 27.7 Å². The molecule has 0 bridgehead atoms. The Kier molecular flexibility index (Phi) is 8.82. The number of sulfonamides is 1. The highest BCUT2D eigenvalue weighted by Gasteiger charge is 2.20. The molecule has 8 nitrogen and oxygen atoms in total. The molecule has 1 heterocycles. The van der Waals surface area contributed by atoms with E-state index in [0.717, 1.165) is 0 Å². The summed E-state index contributed by atoms with van der Waals surface area (Å²) in [7, 11) is -3.86. The van der Waals surface area contributed by atoms with Crippen LogP contribution in [0.15, 0.2) is 52.0 Å². The van der Waals surface area contributed by atoms with Crippen molar-refractivity contribution in [1.82, 2.24) is 9.62 Å². The Morgan fingerprint density at radius 1 is 1.06 bits per heavy atom. The van der Waals surface area contributed by atoms with Crippen molar-refractivity contribution in [2.75, 3.05) is 19.7 Å². The number of rotatable bonds is 11. The van der Waals surface area contributed by atoms with Crippen molar-refractivity contribution in [2.24, 2.45) is 11.8 Å². The lowest BCUT2D eigenvalue weighted by Gasteiger charge is -2.26. The van der Waals surface area contributed by atoms with Gasteiger partial charge in [0, 0.05) is 13.1 Å². The number of carbonyl (C=O) groups excluding carboxylic acids is 2. The monoisotopic (exact) mass is 450 g/mol. The van der Waals surface area contributed by atoms with E-state index in [2.05, 4.69) is 4.72 Å². The average Bonchev–Trinajstić information content (AvgIpc) is 3.23. The topological polar surface area (TPSA) is 106 Å². The summed E-state index contributed by atoms with van der Waals surface area (Å²) >= 11 is 0. The molecule has 0 saturated carbocycles. The Morgan fingerprint density at radius 3 is 2.32 bits per heavy atom. The highest BCUT2D eigenvalue weighted by molar-refractivity contribution is 7.89. The minimum Gasteiger partial charge on any atom is -0.468 e. The van der Waals surface area contributed by atoms with Crippen molar-refractivity contribution >= 4 is 21.9 Å². The Morgan fingerprint density at radius 2 is 1.74 bits per heavy atom. The van der Waals surface area contributed by atoms with Crippen LogP contribution in [0.3, 0.4) is 0 Å². The molecule has 1 aromatic heterocycles. The summed E-state index contributed by atoms with van der Waals surface area (Å²) in [5, 5.41) is 0. The summed E-state index contributed by atoms with van der Waals surface area (Å²) in [4.78, 5) is 26.5. The molecule has 170 valence electrons. The Balaban J connectivity index is 2.01. The van der Waals surface area contributed by atoms with Gasteiger partial charge in [-0.15, -0.1) is 0 Å². The second kappa shape index (κ2) is 11.1. The van der Waals surface area contributed by atoms with Gasteiger partial charge in [-0.1, -0.05) is 33.8 Å². The van der Waals surface area contributed by atoms with Gasteiger partial charge in [-0.05, 0) is 42.2 Å². The number of carbonyl (C=O) groups is 2. The van der Waals surface area contributed by atoms with Gasteiger partial charge >= 0.3 is 5.97 Å². The van der Waals surface area contributed by atoms with Gasteiger partial charge in [-0.3, -0.25) is 4.79 Å². The summed E-state index contributed by atoms with van der Waals surface area (Å²) in [5.41, 5.74) is 0.0490. The van der Waals surface area contributed by atoms with Crippen LogP contribution in [0, 0.1) is 11.8 Å². The second-order valence-corrected chi connectivity index (χ2v) is 9.86. The average molecular weight is 451 g/mol. The van der Waals surface area contributed by atoms with Gasteiger partial charge in [-0.25, -0.2) is 17.9 Å². The number of ether oxygens (including phenoxy) is 1. The van der Waals surface area contributed by atoms with Gasteiger partial charge in [0.1, 0.15) is 5.76 Å². The molecule has 1 amide bonds. The molecule has 31 heavy (non-hydrogen) atoms. The molecule has 1 aromatic carbocycles. The van der Waals surface area contributed by atoms with E-state index < -0.39 is 22.6 Å². The standard InChI is InChI=1S/C22H30N2O6S/c1-16(2)13-24(14-17(3)4)21(25)15-30-22(26)18-7-5-9-20(11-18)31(27,28)23-12-19-8-6-10-29-19/h5-11,16-17,23H,12-15H2,1-4H3. The van der Waals surface area contributed by atoms with E-state index >= 15 is 0 Å². The molecule has 0 fully saturated rings. The molecular formula is C22H30N2O6S. The van der Waals surface area contributed by atoms with Crippen LogP contribution in [0.25, 0.3) is 0 Å². The first-order valence-electron chi connectivity index (χ1n) is 10.2. The molecule has 0 atom stereocenters. The number of nitrogens with one attached hydrogen (secondary N) is 1. The maximum absolute atomic E-state index is 12.5. The van der Waals surface area contributed by atoms with Crippen LogP contribution in [0.1, 0.15) is 43.8 Å². The first-order chi connectivity index (χ1) is 14.6. The van der Waals surface area contributed by atoms with E-state index in [1.165, 1.54) is 30.5 Å². The van der Waals surface area contributed by atoms with E-state index in [9.17, 15) is 18.0 Å². The fourth-order valence-electron chi connectivity index (χ4n) is 2.91. The fraction of sp³-hybridized carbons (Fsp3) is 0.455. The molecule has 0 aliphatic heterocycles. The van der Waals surface area contributed by atoms with Gasteiger partial charge in [0.2, 0.25) is 10.0 Å². The largest absolute Gasteiger partial charge is 0.468 e. The van der Waals surface area contributed by atoms with E-state index in [0.29, 0.717) is 18.8 Å². The minimum atomic E-state index is -3.86. The number of benzene rings is 1. The lowest BCUT2D eigenvalue weighted by Crippen LogP contribution is -2.39. The zero-order valence-electron chi connectivity index (χ0n) is 18.3. The third kappa shape index (κ3) is 7.84. The van der Waals surface area contributed by atoms with Gasteiger partial charge in [0.15, 0.2) is 6.61 Å². The third-order valence-electron chi connectivity index (χ3n) is 4.25. The summed E-state index contributed by atoms with van der Waals surface area (Å²) in [6.45, 7) is 8.78. The summed E-state index contributed by atoms with van der Waals surface area (Å²) in [6, 6.07) is 8.79. The first kappa shape index (κ1) is 24.6. The number of esters is 1. The van der Waals surface area contributed by atoms with Gasteiger partial charge in [-0.2, -0.15) is 0 Å². The molecule has 1 N–H and O–H groups in total. The smallest absolute Gasteiger partial charge is 0.338 e. The number of hydrogen-bond donors (Lipinski definition) is 1. The molecule has 0 radical (unpaired) electrons. The molecule has 0 saturated heterocycles. The maximum Gasteiger partial charge on any atom is 0.338 e. The van der Waals surface area contributed by atoms with Crippen LogP contribution < -0.4 is 4.72 Å². The minimum absolute atomic E-state index is 0.0138. The molecular weight excluding hydrogens is 420 g/mol. The SMILES string of the molecule is CC(C)CN(CC(C)C)C(=O)COC(=O)c1cccc(S(=O)(=O)NCc2ccco2)c1. The van der Waals surface area contributed by atoms with Crippen molar-refractivity contribution in [3.63, 3.8) is 0 Å². The Hall–Kier alpha value is -2.65. The normalized spacial score (nSPS) is 11.7. The second-order valence-electron chi connectivity index (χ2n) is 8.09. The Labute approximate surface area is 183 Å². The molecule has 2 aromatic rings. The predicted octanol–water partition coefficient (Wildman–Crippen LogP) is 3.06. The number of nitrogens with zero attached hydrogens (tertiary/aromatic N) is 1. The summed E-state index contributed by atoms with van der Waals surface area (Å²) in [5.74, 6) is -0.00180. The van der Waals surface area contributed by atoms with Crippen LogP contribution in [0.5, 0.6) is 0 Å². The van der Waals surface area contributed by atoms with E-state index in [1.54, 1.807) is 17.0 Å². The third-order valence-corrected chi connectivity index (χ3v) is 5.65. The van der Waals surface area contributed by atoms with Crippen molar-refractivity contribution in [1.29, 1.82) is 0 Å². The van der Waals surface area contributed by atoms with Crippen LogP contribution in [-0.4, -0.2) is 44.9 Å². The van der Waals surface area contributed by atoms with Crippen LogP contribution >= 0.6 is 0 Å². The van der Waals surface area contributed by atoms with Gasteiger partial charge in [0.25, 0.3) is 5.91 Å². The summed E-state index contributed by atoms with van der Waals surface area (Å²) in [6.07, 6.45) is 1.45. The van der Waals surface area contributed by atoms with Crippen LogP contribution in [0.2, 0.25) is 0 Å². The quantitative estimate of drug-likeness (QED) is 0.528. The van der Waals surface area contributed by atoms with E-state index in [-0.39, 0.29) is 34.7 Å².